The van der Waals surface area contributed by atoms with E-state index in [1.54, 1.807) is 18.0 Å². The number of carbonyl (C=O) groups is 1. The first-order valence-corrected chi connectivity index (χ1v) is 12.2. The number of carbonyl (C=O) groups excluding carboxylic acids is 1. The predicted molar refractivity (Wildman–Crippen MR) is 124 cm³/mol. The molecule has 2 aromatic carbocycles. The molecule has 9 heteroatoms. The van der Waals surface area contributed by atoms with Crippen molar-refractivity contribution in [3.8, 4) is 5.75 Å². The average molecular weight is 459 g/mol. The predicted octanol–water partition coefficient (Wildman–Crippen LogP) is 2.87. The maximum atomic E-state index is 12.6. The number of imidazole rings is 1. The molecule has 0 aliphatic rings. The van der Waals surface area contributed by atoms with E-state index in [-0.39, 0.29) is 10.8 Å². The summed E-state index contributed by atoms with van der Waals surface area (Å²) in [4.78, 5) is 18.9. The van der Waals surface area contributed by atoms with E-state index >= 15 is 0 Å². The molecule has 0 atom stereocenters. The number of nitrogens with two attached hydrogens (primary N) is 1. The van der Waals surface area contributed by atoms with Crippen molar-refractivity contribution in [1.29, 1.82) is 0 Å². The fourth-order valence-electron chi connectivity index (χ4n) is 3.47. The summed E-state index contributed by atoms with van der Waals surface area (Å²) >= 11 is 0. The number of ether oxygens (including phenoxy) is 1. The standard InChI is InChI=1S/C23H30N4O4S/c1-4-13-27-21-10-9-19(32(24,29)30)16-20(21)25-22(27)11-12-23(28)26(3)14-15-31-18-7-5-17(2)6-8-18/h5-10,16H,4,11-15H2,1-3H3,(H2,24,29,30). The van der Waals surface area contributed by atoms with Crippen LogP contribution in [-0.2, 0) is 27.8 Å². The molecule has 3 rings (SSSR count). The van der Waals surface area contributed by atoms with Crippen molar-refractivity contribution in [2.24, 2.45) is 5.14 Å². The van der Waals surface area contributed by atoms with Gasteiger partial charge in [0.05, 0.1) is 22.5 Å². The molecule has 0 saturated heterocycles. The van der Waals surface area contributed by atoms with Crippen LogP contribution < -0.4 is 9.88 Å². The van der Waals surface area contributed by atoms with E-state index in [1.807, 2.05) is 35.8 Å². The lowest BCUT2D eigenvalue weighted by Crippen LogP contribution is -2.31. The van der Waals surface area contributed by atoms with Crippen LogP contribution in [0.3, 0.4) is 0 Å². The second-order valence-electron chi connectivity index (χ2n) is 7.85. The van der Waals surface area contributed by atoms with Gasteiger partial charge in [-0.05, 0) is 43.7 Å². The number of hydrogen-bond acceptors (Lipinski definition) is 5. The van der Waals surface area contributed by atoms with Gasteiger partial charge in [-0.3, -0.25) is 4.79 Å². The molecule has 0 spiro atoms. The van der Waals surface area contributed by atoms with Crippen LogP contribution in [-0.4, -0.2) is 49.0 Å². The number of primary sulfonamides is 1. The molecular formula is C23H30N4O4S. The number of benzene rings is 2. The first-order chi connectivity index (χ1) is 15.2. The van der Waals surface area contributed by atoms with Crippen LogP contribution in [0.1, 0.15) is 31.2 Å². The molecule has 0 radical (unpaired) electrons. The number of fused-ring (bicyclic) bond motifs is 1. The van der Waals surface area contributed by atoms with E-state index in [9.17, 15) is 13.2 Å². The van der Waals surface area contributed by atoms with Crippen LogP contribution in [0.5, 0.6) is 5.75 Å². The number of likely N-dealkylation sites (N-methyl/N-ethyl adjacent to an activating group) is 1. The second kappa shape index (κ2) is 10.1. The third-order valence-electron chi connectivity index (χ3n) is 5.28. The monoisotopic (exact) mass is 458 g/mol. The zero-order chi connectivity index (χ0) is 23.3. The number of hydrogen-bond donors (Lipinski definition) is 1. The van der Waals surface area contributed by atoms with Crippen molar-refractivity contribution in [3.63, 3.8) is 0 Å². The number of aromatic nitrogens is 2. The van der Waals surface area contributed by atoms with Gasteiger partial charge in [-0.25, -0.2) is 18.5 Å². The molecule has 0 saturated carbocycles. The molecular weight excluding hydrogens is 428 g/mol. The van der Waals surface area contributed by atoms with Crippen LogP contribution in [0.2, 0.25) is 0 Å². The third kappa shape index (κ3) is 5.86. The third-order valence-corrected chi connectivity index (χ3v) is 6.19. The minimum atomic E-state index is -3.80. The zero-order valence-electron chi connectivity index (χ0n) is 18.7. The summed E-state index contributed by atoms with van der Waals surface area (Å²) in [5.41, 5.74) is 2.56. The Morgan fingerprint density at radius 3 is 2.56 bits per heavy atom. The average Bonchev–Trinajstić information content (AvgIpc) is 3.09. The molecule has 32 heavy (non-hydrogen) atoms. The molecule has 0 bridgehead atoms. The van der Waals surface area contributed by atoms with E-state index in [2.05, 4.69) is 11.9 Å². The Balaban J connectivity index is 1.62. The Kier molecular flexibility index (Phi) is 7.52. The lowest BCUT2D eigenvalue weighted by atomic mass is 10.2. The largest absolute Gasteiger partial charge is 0.492 e. The van der Waals surface area contributed by atoms with Gasteiger partial charge in [0.15, 0.2) is 0 Å². The molecule has 0 unspecified atom stereocenters. The molecule has 1 heterocycles. The maximum absolute atomic E-state index is 12.6. The molecule has 172 valence electrons. The van der Waals surface area contributed by atoms with Gasteiger partial charge >= 0.3 is 0 Å². The van der Waals surface area contributed by atoms with Crippen LogP contribution >= 0.6 is 0 Å². The van der Waals surface area contributed by atoms with Gasteiger partial charge in [-0.15, -0.1) is 0 Å². The first kappa shape index (κ1) is 23.7. The van der Waals surface area contributed by atoms with Crippen LogP contribution in [0.15, 0.2) is 47.4 Å². The van der Waals surface area contributed by atoms with Gasteiger partial charge in [-0.1, -0.05) is 24.6 Å². The Bertz CT molecular complexity index is 1190. The number of sulfonamides is 1. The minimum absolute atomic E-state index is 0.00200. The van der Waals surface area contributed by atoms with Crippen molar-refractivity contribution in [1.82, 2.24) is 14.5 Å². The van der Waals surface area contributed by atoms with Gasteiger partial charge < -0.3 is 14.2 Å². The zero-order valence-corrected chi connectivity index (χ0v) is 19.6. The molecule has 0 fully saturated rings. The summed E-state index contributed by atoms with van der Waals surface area (Å²) in [5.74, 6) is 1.53. The number of nitrogens with zero attached hydrogens (tertiary/aromatic N) is 3. The topological polar surface area (TPSA) is 108 Å². The van der Waals surface area contributed by atoms with Gasteiger partial charge in [-0.2, -0.15) is 0 Å². The summed E-state index contributed by atoms with van der Waals surface area (Å²) in [6.45, 7) is 5.70. The summed E-state index contributed by atoms with van der Waals surface area (Å²) in [5, 5.41) is 5.24. The highest BCUT2D eigenvalue weighted by atomic mass is 32.2. The van der Waals surface area contributed by atoms with Gasteiger partial charge in [0.1, 0.15) is 18.2 Å². The lowest BCUT2D eigenvalue weighted by Gasteiger charge is -2.17. The smallest absolute Gasteiger partial charge is 0.238 e. The fourth-order valence-corrected chi connectivity index (χ4v) is 4.00. The number of rotatable bonds is 10. The molecule has 0 aliphatic heterocycles. The number of amides is 1. The summed E-state index contributed by atoms with van der Waals surface area (Å²) in [6.07, 6.45) is 1.65. The van der Waals surface area contributed by atoms with Crippen molar-refractivity contribution < 1.29 is 17.9 Å². The van der Waals surface area contributed by atoms with Crippen molar-refractivity contribution in [3.05, 3.63) is 53.9 Å². The van der Waals surface area contributed by atoms with Crippen molar-refractivity contribution >= 4 is 27.0 Å². The normalized spacial score (nSPS) is 11.6. The van der Waals surface area contributed by atoms with Gasteiger partial charge in [0, 0.05) is 26.4 Å². The highest BCUT2D eigenvalue weighted by Crippen LogP contribution is 2.21. The first-order valence-electron chi connectivity index (χ1n) is 10.6. The van der Waals surface area contributed by atoms with Crippen LogP contribution in [0, 0.1) is 6.92 Å². The molecule has 1 amide bonds. The summed E-state index contributed by atoms with van der Waals surface area (Å²) < 4.78 is 31.1. The second-order valence-corrected chi connectivity index (χ2v) is 9.41. The maximum Gasteiger partial charge on any atom is 0.238 e. The highest BCUT2D eigenvalue weighted by Gasteiger charge is 2.16. The van der Waals surface area contributed by atoms with Gasteiger partial charge in [0.25, 0.3) is 0 Å². The fraction of sp³-hybridized carbons (Fsp3) is 0.391. The Labute approximate surface area is 189 Å². The Morgan fingerprint density at radius 2 is 1.91 bits per heavy atom. The minimum Gasteiger partial charge on any atom is -0.492 e. The SMILES string of the molecule is CCCn1c(CCC(=O)N(C)CCOc2ccc(C)cc2)nc2cc(S(N)(=O)=O)ccc21. The van der Waals surface area contributed by atoms with E-state index in [1.165, 1.54) is 17.7 Å². The van der Waals surface area contributed by atoms with E-state index in [4.69, 9.17) is 9.88 Å². The molecule has 3 aromatic rings. The van der Waals surface area contributed by atoms with Crippen molar-refractivity contribution in [2.75, 3.05) is 20.2 Å². The number of aryl methyl sites for hydroxylation is 3. The quantitative estimate of drug-likeness (QED) is 0.503. The summed E-state index contributed by atoms with van der Waals surface area (Å²) in [7, 11) is -2.04. The Hall–Kier alpha value is -2.91. The van der Waals surface area contributed by atoms with E-state index in [0.717, 1.165) is 30.1 Å². The Morgan fingerprint density at radius 1 is 1.19 bits per heavy atom. The highest BCUT2D eigenvalue weighted by molar-refractivity contribution is 7.89. The van der Waals surface area contributed by atoms with E-state index < -0.39 is 10.0 Å². The lowest BCUT2D eigenvalue weighted by molar-refractivity contribution is -0.130. The molecule has 8 nitrogen and oxygen atoms in total. The van der Waals surface area contributed by atoms with Gasteiger partial charge in [0.2, 0.25) is 15.9 Å². The van der Waals surface area contributed by atoms with Crippen LogP contribution in [0.25, 0.3) is 11.0 Å². The van der Waals surface area contributed by atoms with Crippen LogP contribution in [0.4, 0.5) is 0 Å². The van der Waals surface area contributed by atoms with Crippen molar-refractivity contribution in [2.45, 2.75) is 44.6 Å². The van der Waals surface area contributed by atoms with E-state index in [0.29, 0.717) is 31.5 Å². The molecule has 0 aliphatic carbocycles. The molecule has 1 aromatic heterocycles. The summed E-state index contributed by atoms with van der Waals surface area (Å²) in [6, 6.07) is 12.5. The molecule has 2 N–H and O–H groups in total.